The van der Waals surface area contributed by atoms with Crippen LogP contribution in [0.3, 0.4) is 0 Å². The second-order valence-corrected chi connectivity index (χ2v) is 5.91. The van der Waals surface area contributed by atoms with Gasteiger partial charge in [-0.2, -0.15) is 0 Å². The van der Waals surface area contributed by atoms with Crippen molar-refractivity contribution in [3.05, 3.63) is 29.3 Å². The minimum Gasteiger partial charge on any atom is -0.497 e. The third kappa shape index (κ3) is 3.78. The van der Waals surface area contributed by atoms with Crippen molar-refractivity contribution in [2.75, 3.05) is 7.11 Å². The lowest BCUT2D eigenvalue weighted by Crippen LogP contribution is -2.45. The summed E-state index contributed by atoms with van der Waals surface area (Å²) in [6.45, 7) is 1.87. The Bertz CT molecular complexity index is 557. The highest BCUT2D eigenvalue weighted by Gasteiger charge is 2.29. The van der Waals surface area contributed by atoms with Crippen molar-refractivity contribution in [1.29, 1.82) is 0 Å². The van der Waals surface area contributed by atoms with Gasteiger partial charge in [-0.3, -0.25) is 9.59 Å². The van der Waals surface area contributed by atoms with E-state index in [0.29, 0.717) is 5.56 Å². The first-order valence-corrected chi connectivity index (χ1v) is 7.77. The van der Waals surface area contributed by atoms with E-state index in [9.17, 15) is 9.59 Å². The number of rotatable bonds is 4. The zero-order chi connectivity index (χ0) is 16.1. The van der Waals surface area contributed by atoms with Crippen molar-refractivity contribution in [1.82, 2.24) is 5.32 Å². The first-order valence-electron chi connectivity index (χ1n) is 7.77. The molecule has 120 valence electrons. The Kier molecular flexibility index (Phi) is 5.41. The Labute approximate surface area is 131 Å². The summed E-state index contributed by atoms with van der Waals surface area (Å²) < 4.78 is 5.15. The van der Waals surface area contributed by atoms with Gasteiger partial charge in [0.1, 0.15) is 5.75 Å². The van der Waals surface area contributed by atoms with Gasteiger partial charge in [-0.25, -0.2) is 0 Å². The van der Waals surface area contributed by atoms with Crippen molar-refractivity contribution < 1.29 is 14.3 Å². The van der Waals surface area contributed by atoms with Crippen LogP contribution in [0.15, 0.2) is 18.2 Å². The number of primary amides is 1. The molecule has 1 aliphatic carbocycles. The molecule has 5 heteroatoms. The van der Waals surface area contributed by atoms with Crippen molar-refractivity contribution in [3.8, 4) is 5.75 Å². The maximum absolute atomic E-state index is 12.5. The van der Waals surface area contributed by atoms with Crippen molar-refractivity contribution in [2.45, 2.75) is 45.1 Å². The minimum atomic E-state index is -0.321. The van der Waals surface area contributed by atoms with Crippen LogP contribution in [0.2, 0.25) is 0 Å². The molecule has 22 heavy (non-hydrogen) atoms. The number of methoxy groups -OCH3 is 1. The molecule has 1 fully saturated rings. The van der Waals surface area contributed by atoms with Gasteiger partial charge in [0.25, 0.3) is 5.91 Å². The van der Waals surface area contributed by atoms with Crippen molar-refractivity contribution in [2.24, 2.45) is 11.7 Å². The Balaban J connectivity index is 2.13. The molecule has 1 aromatic rings. The molecule has 2 rings (SSSR count). The average Bonchev–Trinajstić information content (AvgIpc) is 2.72. The quantitative estimate of drug-likeness (QED) is 0.836. The highest BCUT2D eigenvalue weighted by molar-refractivity contribution is 5.96. The lowest BCUT2D eigenvalue weighted by Gasteiger charge is -2.24. The number of carbonyl (C=O) groups is 2. The van der Waals surface area contributed by atoms with E-state index in [-0.39, 0.29) is 23.8 Å². The van der Waals surface area contributed by atoms with Gasteiger partial charge in [-0.1, -0.05) is 19.3 Å². The van der Waals surface area contributed by atoms with Crippen LogP contribution in [0.1, 0.15) is 48.0 Å². The Morgan fingerprint density at radius 1 is 1.23 bits per heavy atom. The molecule has 0 radical (unpaired) electrons. The highest BCUT2D eigenvalue weighted by Crippen LogP contribution is 2.24. The van der Waals surface area contributed by atoms with Crippen molar-refractivity contribution in [3.63, 3.8) is 0 Å². The third-order valence-electron chi connectivity index (χ3n) is 4.38. The molecule has 0 aromatic heterocycles. The zero-order valence-electron chi connectivity index (χ0n) is 13.2. The number of carbonyl (C=O) groups excluding carboxylic acids is 2. The van der Waals surface area contributed by atoms with Crippen LogP contribution >= 0.6 is 0 Å². The molecule has 2 atom stereocenters. The number of ether oxygens (including phenoxy) is 1. The molecule has 1 aliphatic rings. The van der Waals surface area contributed by atoms with E-state index in [2.05, 4.69) is 5.32 Å². The molecule has 2 amide bonds. The van der Waals surface area contributed by atoms with E-state index in [1.807, 2.05) is 13.0 Å². The maximum atomic E-state index is 12.5. The lowest BCUT2D eigenvalue weighted by atomic mass is 9.93. The van der Waals surface area contributed by atoms with Crippen LogP contribution in [0, 0.1) is 12.8 Å². The highest BCUT2D eigenvalue weighted by atomic mass is 16.5. The second kappa shape index (κ2) is 7.29. The van der Waals surface area contributed by atoms with E-state index >= 15 is 0 Å². The molecule has 0 heterocycles. The van der Waals surface area contributed by atoms with Gasteiger partial charge in [-0.15, -0.1) is 0 Å². The van der Waals surface area contributed by atoms with Crippen LogP contribution < -0.4 is 15.8 Å². The zero-order valence-corrected chi connectivity index (χ0v) is 13.2. The summed E-state index contributed by atoms with van der Waals surface area (Å²) in [6, 6.07) is 5.17. The second-order valence-electron chi connectivity index (χ2n) is 5.91. The maximum Gasteiger partial charge on any atom is 0.251 e. The number of hydrogen-bond donors (Lipinski definition) is 2. The van der Waals surface area contributed by atoms with Crippen LogP contribution in [0.25, 0.3) is 0 Å². The van der Waals surface area contributed by atoms with Gasteiger partial charge >= 0.3 is 0 Å². The SMILES string of the molecule is COc1ccc(C(=O)N[C@H]2CCCCC[C@H]2C(N)=O)c(C)c1. The van der Waals surface area contributed by atoms with Crippen LogP contribution in [-0.2, 0) is 4.79 Å². The van der Waals surface area contributed by atoms with Crippen LogP contribution in [0.4, 0.5) is 0 Å². The predicted molar refractivity (Wildman–Crippen MR) is 84.8 cm³/mol. The summed E-state index contributed by atoms with van der Waals surface area (Å²) in [5, 5.41) is 3.00. The number of nitrogens with two attached hydrogens (primary N) is 1. The fraction of sp³-hybridized carbons (Fsp3) is 0.529. The largest absolute Gasteiger partial charge is 0.497 e. The molecule has 0 spiro atoms. The van der Waals surface area contributed by atoms with E-state index in [4.69, 9.17) is 10.5 Å². The first-order chi connectivity index (χ1) is 10.5. The van der Waals surface area contributed by atoms with E-state index in [0.717, 1.165) is 43.4 Å². The molecule has 0 unspecified atom stereocenters. The van der Waals surface area contributed by atoms with Gasteiger partial charge < -0.3 is 15.8 Å². The molecule has 1 aromatic carbocycles. The molecule has 0 aliphatic heterocycles. The van der Waals surface area contributed by atoms with E-state index < -0.39 is 0 Å². The molecule has 0 bridgehead atoms. The third-order valence-corrected chi connectivity index (χ3v) is 4.38. The fourth-order valence-corrected chi connectivity index (χ4v) is 3.08. The first kappa shape index (κ1) is 16.3. The summed E-state index contributed by atoms with van der Waals surface area (Å²) in [7, 11) is 1.59. The summed E-state index contributed by atoms with van der Waals surface area (Å²) in [6.07, 6.45) is 4.63. The smallest absolute Gasteiger partial charge is 0.251 e. The van der Waals surface area contributed by atoms with Crippen molar-refractivity contribution >= 4 is 11.8 Å². The summed E-state index contributed by atoms with van der Waals surface area (Å²) in [5.74, 6) is -0.0273. The number of aryl methyl sites for hydroxylation is 1. The monoisotopic (exact) mass is 304 g/mol. The molecular formula is C17H24N2O3. The van der Waals surface area contributed by atoms with Gasteiger partial charge in [-0.05, 0) is 43.5 Å². The summed E-state index contributed by atoms with van der Waals surface area (Å²) in [5.41, 5.74) is 6.96. The van der Waals surface area contributed by atoms with Gasteiger partial charge in [0, 0.05) is 11.6 Å². The Hall–Kier alpha value is -2.04. The lowest BCUT2D eigenvalue weighted by molar-refractivity contribution is -0.122. The van der Waals surface area contributed by atoms with Gasteiger partial charge in [0.05, 0.1) is 13.0 Å². The molecule has 1 saturated carbocycles. The van der Waals surface area contributed by atoms with Gasteiger partial charge in [0.2, 0.25) is 5.91 Å². The number of benzene rings is 1. The standard InChI is InChI=1S/C17H24N2O3/c1-11-10-12(22-2)8-9-13(11)17(21)19-15-7-5-3-4-6-14(15)16(18)20/h8-10,14-15H,3-7H2,1-2H3,(H2,18,20)(H,19,21)/t14-,15+/m1/s1. The molecular weight excluding hydrogens is 280 g/mol. The predicted octanol–water partition coefficient (Wildman–Crippen LogP) is 2.17. The number of amides is 2. The van der Waals surface area contributed by atoms with Gasteiger partial charge in [0.15, 0.2) is 0 Å². The fourth-order valence-electron chi connectivity index (χ4n) is 3.08. The molecule has 5 nitrogen and oxygen atoms in total. The molecule has 0 saturated heterocycles. The minimum absolute atomic E-state index is 0.154. The molecule has 3 N–H and O–H groups in total. The number of hydrogen-bond acceptors (Lipinski definition) is 3. The summed E-state index contributed by atoms with van der Waals surface area (Å²) in [4.78, 5) is 24.2. The summed E-state index contributed by atoms with van der Waals surface area (Å²) >= 11 is 0. The normalized spacial score (nSPS) is 21.7. The van der Waals surface area contributed by atoms with Crippen LogP contribution in [0.5, 0.6) is 5.75 Å². The van der Waals surface area contributed by atoms with E-state index in [1.54, 1.807) is 19.2 Å². The van der Waals surface area contributed by atoms with E-state index in [1.165, 1.54) is 0 Å². The average molecular weight is 304 g/mol. The van der Waals surface area contributed by atoms with Crippen LogP contribution in [-0.4, -0.2) is 25.0 Å². The topological polar surface area (TPSA) is 81.4 Å². The number of nitrogens with one attached hydrogen (secondary N) is 1. The Morgan fingerprint density at radius 2 is 1.95 bits per heavy atom. The Morgan fingerprint density at radius 3 is 2.59 bits per heavy atom.